The molecule has 0 saturated carbocycles. The summed E-state index contributed by atoms with van der Waals surface area (Å²) >= 11 is 0. The average molecular weight is 387 g/mol. The number of benzene rings is 2. The highest BCUT2D eigenvalue weighted by Crippen LogP contribution is 2.34. The van der Waals surface area contributed by atoms with Crippen molar-refractivity contribution in [3.05, 3.63) is 53.6 Å². The van der Waals surface area contributed by atoms with Crippen molar-refractivity contribution in [2.24, 2.45) is 0 Å². The Morgan fingerprint density at radius 3 is 2.04 bits per heavy atom. The Balaban J connectivity index is 2.19. The van der Waals surface area contributed by atoms with Crippen molar-refractivity contribution >= 4 is 11.9 Å². The fourth-order valence-corrected chi connectivity index (χ4v) is 2.84. The van der Waals surface area contributed by atoms with E-state index in [1.807, 2.05) is 30.3 Å². The van der Waals surface area contributed by atoms with Gasteiger partial charge in [-0.1, -0.05) is 30.3 Å². The molecule has 2 aromatic carbocycles. The molecule has 7 nitrogen and oxygen atoms in total. The standard InChI is InChI=1S/C21H25NO6/c1-25-15-11-18(26-2)16(19(12-15)27-3)13-20(23)22-17(21(24)28-4)10-14-8-6-5-7-9-14/h5-9,11-12,17H,10,13H2,1-4H3,(H,22,23)/t17-/m0/s1. The summed E-state index contributed by atoms with van der Waals surface area (Å²) in [4.78, 5) is 24.8. The van der Waals surface area contributed by atoms with Crippen molar-refractivity contribution < 1.29 is 28.5 Å². The normalized spacial score (nSPS) is 11.3. The molecule has 150 valence electrons. The third-order valence-electron chi connectivity index (χ3n) is 4.26. The number of carbonyl (C=O) groups excluding carboxylic acids is 2. The largest absolute Gasteiger partial charge is 0.496 e. The minimum absolute atomic E-state index is 0.0291. The molecule has 1 N–H and O–H groups in total. The van der Waals surface area contributed by atoms with Gasteiger partial charge in [-0.05, 0) is 5.56 Å². The highest BCUT2D eigenvalue weighted by molar-refractivity contribution is 5.86. The van der Waals surface area contributed by atoms with E-state index in [4.69, 9.17) is 18.9 Å². The van der Waals surface area contributed by atoms with E-state index >= 15 is 0 Å². The van der Waals surface area contributed by atoms with E-state index in [2.05, 4.69) is 5.32 Å². The first-order valence-corrected chi connectivity index (χ1v) is 8.72. The fourth-order valence-electron chi connectivity index (χ4n) is 2.84. The predicted octanol–water partition coefficient (Wildman–Crippen LogP) is 2.16. The zero-order valence-electron chi connectivity index (χ0n) is 16.5. The summed E-state index contributed by atoms with van der Waals surface area (Å²) < 4.78 is 20.8. The molecule has 0 spiro atoms. The van der Waals surface area contributed by atoms with Gasteiger partial charge in [0, 0.05) is 24.1 Å². The molecule has 1 amide bonds. The molecule has 0 saturated heterocycles. The lowest BCUT2D eigenvalue weighted by molar-refractivity contribution is -0.145. The molecule has 0 aromatic heterocycles. The van der Waals surface area contributed by atoms with Crippen molar-refractivity contribution in [1.29, 1.82) is 0 Å². The van der Waals surface area contributed by atoms with Gasteiger partial charge in [0.1, 0.15) is 23.3 Å². The number of esters is 1. The van der Waals surface area contributed by atoms with Gasteiger partial charge in [-0.2, -0.15) is 0 Å². The van der Waals surface area contributed by atoms with Crippen molar-refractivity contribution in [2.75, 3.05) is 28.4 Å². The highest BCUT2D eigenvalue weighted by Gasteiger charge is 2.24. The second-order valence-electron chi connectivity index (χ2n) is 6.02. The summed E-state index contributed by atoms with van der Waals surface area (Å²) in [6, 6.07) is 12.0. The summed E-state index contributed by atoms with van der Waals surface area (Å²) in [5.74, 6) is 0.612. The van der Waals surface area contributed by atoms with Gasteiger partial charge in [-0.25, -0.2) is 4.79 Å². The van der Waals surface area contributed by atoms with Crippen LogP contribution in [0, 0.1) is 0 Å². The Morgan fingerprint density at radius 2 is 1.54 bits per heavy atom. The monoisotopic (exact) mass is 387 g/mol. The van der Waals surface area contributed by atoms with Crippen LogP contribution in [0.25, 0.3) is 0 Å². The molecule has 0 aliphatic rings. The number of amides is 1. The van der Waals surface area contributed by atoms with Gasteiger partial charge in [0.25, 0.3) is 0 Å². The first-order valence-electron chi connectivity index (χ1n) is 8.72. The summed E-state index contributed by atoms with van der Waals surface area (Å²) in [5.41, 5.74) is 1.48. The molecule has 0 aliphatic heterocycles. The Bertz CT molecular complexity index is 781. The lowest BCUT2D eigenvalue weighted by Crippen LogP contribution is -2.43. The number of hydrogen-bond acceptors (Lipinski definition) is 6. The number of nitrogens with one attached hydrogen (secondary N) is 1. The van der Waals surface area contributed by atoms with E-state index in [0.29, 0.717) is 29.2 Å². The maximum Gasteiger partial charge on any atom is 0.328 e. The van der Waals surface area contributed by atoms with Crippen LogP contribution in [-0.4, -0.2) is 46.4 Å². The molecule has 0 aliphatic carbocycles. The van der Waals surface area contributed by atoms with Gasteiger partial charge in [0.2, 0.25) is 5.91 Å². The molecule has 0 fully saturated rings. The van der Waals surface area contributed by atoms with Crippen molar-refractivity contribution in [1.82, 2.24) is 5.32 Å². The Morgan fingerprint density at radius 1 is 0.929 bits per heavy atom. The topological polar surface area (TPSA) is 83.1 Å². The molecule has 0 bridgehead atoms. The summed E-state index contributed by atoms with van der Waals surface area (Å²) in [7, 11) is 5.83. The van der Waals surface area contributed by atoms with Crippen LogP contribution < -0.4 is 19.5 Å². The Kier molecular flexibility index (Phi) is 7.68. The lowest BCUT2D eigenvalue weighted by Gasteiger charge is -2.18. The number of carbonyl (C=O) groups is 2. The molecular formula is C21H25NO6. The van der Waals surface area contributed by atoms with Crippen LogP contribution in [-0.2, 0) is 27.2 Å². The molecule has 2 aromatic rings. The SMILES string of the molecule is COC(=O)[C@H](Cc1ccccc1)NC(=O)Cc1c(OC)cc(OC)cc1OC. The second kappa shape index (κ2) is 10.2. The Hall–Kier alpha value is -3.22. The van der Waals surface area contributed by atoms with Gasteiger partial charge in [-0.3, -0.25) is 4.79 Å². The summed E-state index contributed by atoms with van der Waals surface area (Å²) in [6.45, 7) is 0. The minimum Gasteiger partial charge on any atom is -0.496 e. The van der Waals surface area contributed by atoms with E-state index in [0.717, 1.165) is 5.56 Å². The van der Waals surface area contributed by atoms with Crippen molar-refractivity contribution in [3.8, 4) is 17.2 Å². The van der Waals surface area contributed by atoms with E-state index < -0.39 is 12.0 Å². The van der Waals surface area contributed by atoms with Crippen LogP contribution in [0.4, 0.5) is 0 Å². The van der Waals surface area contributed by atoms with Crippen LogP contribution in [0.5, 0.6) is 17.2 Å². The zero-order valence-corrected chi connectivity index (χ0v) is 16.5. The van der Waals surface area contributed by atoms with Crippen LogP contribution in [0.3, 0.4) is 0 Å². The first kappa shape index (κ1) is 21.1. The maximum absolute atomic E-state index is 12.7. The first-order chi connectivity index (χ1) is 13.5. The quantitative estimate of drug-likeness (QED) is 0.664. The highest BCUT2D eigenvalue weighted by atomic mass is 16.5. The molecule has 0 unspecified atom stereocenters. The third kappa shape index (κ3) is 5.39. The molecule has 2 rings (SSSR count). The maximum atomic E-state index is 12.7. The third-order valence-corrected chi connectivity index (χ3v) is 4.26. The van der Waals surface area contributed by atoms with Gasteiger partial charge in [-0.15, -0.1) is 0 Å². The number of methoxy groups -OCH3 is 4. The lowest BCUT2D eigenvalue weighted by atomic mass is 10.0. The molecule has 0 radical (unpaired) electrons. The second-order valence-corrected chi connectivity index (χ2v) is 6.02. The summed E-state index contributed by atoms with van der Waals surface area (Å²) in [6.07, 6.45) is 0.300. The number of ether oxygens (including phenoxy) is 4. The van der Waals surface area contributed by atoms with Gasteiger partial charge < -0.3 is 24.3 Å². The molecule has 1 atom stereocenters. The van der Waals surface area contributed by atoms with E-state index in [1.54, 1.807) is 12.1 Å². The van der Waals surface area contributed by atoms with Crippen molar-refractivity contribution in [3.63, 3.8) is 0 Å². The average Bonchev–Trinajstić information content (AvgIpc) is 2.73. The summed E-state index contributed by atoms with van der Waals surface area (Å²) in [5, 5.41) is 2.74. The van der Waals surface area contributed by atoms with E-state index in [9.17, 15) is 9.59 Å². The van der Waals surface area contributed by atoms with Crippen LogP contribution in [0.15, 0.2) is 42.5 Å². The van der Waals surface area contributed by atoms with Crippen LogP contribution >= 0.6 is 0 Å². The fraction of sp³-hybridized carbons (Fsp3) is 0.333. The van der Waals surface area contributed by atoms with Crippen LogP contribution in [0.2, 0.25) is 0 Å². The Labute approximate surface area is 164 Å². The molecular weight excluding hydrogens is 362 g/mol. The number of rotatable bonds is 9. The van der Waals surface area contributed by atoms with E-state index in [-0.39, 0.29) is 12.3 Å². The predicted molar refractivity (Wildman–Crippen MR) is 104 cm³/mol. The van der Waals surface area contributed by atoms with Gasteiger partial charge in [0.05, 0.1) is 34.9 Å². The van der Waals surface area contributed by atoms with Crippen LogP contribution in [0.1, 0.15) is 11.1 Å². The van der Waals surface area contributed by atoms with E-state index in [1.165, 1.54) is 28.4 Å². The van der Waals surface area contributed by atoms with Gasteiger partial charge >= 0.3 is 5.97 Å². The molecule has 0 heterocycles. The molecule has 7 heteroatoms. The van der Waals surface area contributed by atoms with Crippen molar-refractivity contribution in [2.45, 2.75) is 18.9 Å². The van der Waals surface area contributed by atoms with Gasteiger partial charge in [0.15, 0.2) is 0 Å². The minimum atomic E-state index is -0.796. The molecule has 28 heavy (non-hydrogen) atoms. The zero-order chi connectivity index (χ0) is 20.5. The number of hydrogen-bond donors (Lipinski definition) is 1. The smallest absolute Gasteiger partial charge is 0.328 e.